The SMILES string of the molecule is COc1cc(/C=C/C(=O)OCC(=O)Nc2ccc(Cl)c(Cl)c2)cc(OC)c1OC. The molecular formula is C20H19Cl2NO6. The number of anilines is 1. The second-order valence-corrected chi connectivity index (χ2v) is 6.39. The molecule has 0 heterocycles. The van der Waals surface area contributed by atoms with Crippen LogP contribution in [0.1, 0.15) is 5.56 Å². The zero-order valence-electron chi connectivity index (χ0n) is 16.0. The first-order chi connectivity index (χ1) is 13.9. The van der Waals surface area contributed by atoms with E-state index in [9.17, 15) is 9.59 Å². The van der Waals surface area contributed by atoms with E-state index in [0.717, 1.165) is 0 Å². The Hall–Kier alpha value is -2.90. The molecule has 1 N–H and O–H groups in total. The van der Waals surface area contributed by atoms with Crippen LogP contribution in [0.5, 0.6) is 17.2 Å². The summed E-state index contributed by atoms with van der Waals surface area (Å²) in [5.74, 6) is 0.122. The summed E-state index contributed by atoms with van der Waals surface area (Å²) in [5.41, 5.74) is 1.06. The Labute approximate surface area is 178 Å². The van der Waals surface area contributed by atoms with E-state index in [1.807, 2.05) is 0 Å². The van der Waals surface area contributed by atoms with Crippen LogP contribution >= 0.6 is 23.2 Å². The monoisotopic (exact) mass is 439 g/mol. The molecule has 1 amide bonds. The fourth-order valence-electron chi connectivity index (χ4n) is 2.32. The minimum atomic E-state index is -0.692. The smallest absolute Gasteiger partial charge is 0.331 e. The molecule has 2 aromatic carbocycles. The molecule has 2 rings (SSSR count). The van der Waals surface area contributed by atoms with Crippen molar-refractivity contribution in [1.29, 1.82) is 0 Å². The molecule has 0 aliphatic heterocycles. The van der Waals surface area contributed by atoms with Gasteiger partial charge in [0.05, 0.1) is 31.4 Å². The van der Waals surface area contributed by atoms with Crippen molar-refractivity contribution >= 4 is 46.8 Å². The Kier molecular flexibility index (Phi) is 8.18. The zero-order chi connectivity index (χ0) is 21.4. The number of hydrogen-bond donors (Lipinski definition) is 1. The molecule has 9 heteroatoms. The molecule has 0 aliphatic carbocycles. The zero-order valence-corrected chi connectivity index (χ0v) is 17.5. The van der Waals surface area contributed by atoms with Gasteiger partial charge in [-0.1, -0.05) is 23.2 Å². The summed E-state index contributed by atoms with van der Waals surface area (Å²) >= 11 is 11.7. The predicted octanol–water partition coefficient (Wildman–Crippen LogP) is 4.21. The third-order valence-corrected chi connectivity index (χ3v) is 4.39. The van der Waals surface area contributed by atoms with Gasteiger partial charge >= 0.3 is 5.97 Å². The fourth-order valence-corrected chi connectivity index (χ4v) is 2.62. The van der Waals surface area contributed by atoms with Crippen LogP contribution in [-0.2, 0) is 14.3 Å². The van der Waals surface area contributed by atoms with E-state index in [1.165, 1.54) is 39.5 Å². The number of hydrogen-bond acceptors (Lipinski definition) is 6. The molecule has 0 aliphatic rings. The average molecular weight is 440 g/mol. The highest BCUT2D eigenvalue weighted by Gasteiger charge is 2.12. The summed E-state index contributed by atoms with van der Waals surface area (Å²) in [7, 11) is 4.48. The molecular weight excluding hydrogens is 421 g/mol. The number of ether oxygens (including phenoxy) is 4. The van der Waals surface area contributed by atoms with Crippen LogP contribution in [-0.4, -0.2) is 39.8 Å². The molecule has 0 unspecified atom stereocenters. The predicted molar refractivity (Wildman–Crippen MR) is 111 cm³/mol. The molecule has 2 aromatic rings. The van der Waals surface area contributed by atoms with Crippen LogP contribution in [0.25, 0.3) is 6.08 Å². The van der Waals surface area contributed by atoms with Crippen molar-refractivity contribution in [3.8, 4) is 17.2 Å². The standard InChI is InChI=1S/C20H19Cl2NO6/c1-26-16-8-12(9-17(27-2)20(16)28-3)4-7-19(25)29-11-18(24)23-13-5-6-14(21)15(22)10-13/h4-10H,11H2,1-3H3,(H,23,24)/b7-4+. The van der Waals surface area contributed by atoms with Crippen molar-refractivity contribution in [2.75, 3.05) is 33.3 Å². The van der Waals surface area contributed by atoms with E-state index in [4.69, 9.17) is 42.1 Å². The van der Waals surface area contributed by atoms with Crippen molar-refractivity contribution in [3.63, 3.8) is 0 Å². The largest absolute Gasteiger partial charge is 0.493 e. The van der Waals surface area contributed by atoms with Gasteiger partial charge in [-0.2, -0.15) is 0 Å². The van der Waals surface area contributed by atoms with Crippen molar-refractivity contribution in [1.82, 2.24) is 0 Å². The molecule has 154 valence electrons. The first kappa shape index (κ1) is 22.4. The minimum Gasteiger partial charge on any atom is -0.493 e. The van der Waals surface area contributed by atoms with Gasteiger partial charge in [-0.3, -0.25) is 4.79 Å². The molecule has 0 saturated heterocycles. The average Bonchev–Trinajstić information content (AvgIpc) is 2.72. The van der Waals surface area contributed by atoms with Crippen molar-refractivity contribution < 1.29 is 28.5 Å². The lowest BCUT2D eigenvalue weighted by Gasteiger charge is -2.12. The number of rotatable bonds is 8. The van der Waals surface area contributed by atoms with E-state index >= 15 is 0 Å². The maximum atomic E-state index is 11.9. The molecule has 0 aromatic heterocycles. The summed E-state index contributed by atoms with van der Waals surface area (Å²) in [5, 5.41) is 3.22. The normalized spacial score (nSPS) is 10.5. The number of benzene rings is 2. The van der Waals surface area contributed by atoms with Crippen LogP contribution in [0, 0.1) is 0 Å². The summed E-state index contributed by atoms with van der Waals surface area (Å²) < 4.78 is 20.7. The molecule has 0 atom stereocenters. The van der Waals surface area contributed by atoms with Crippen LogP contribution in [0.2, 0.25) is 10.0 Å². The third-order valence-electron chi connectivity index (χ3n) is 3.65. The Balaban J connectivity index is 1.95. The quantitative estimate of drug-likeness (QED) is 0.489. The third kappa shape index (κ3) is 6.30. The Bertz CT molecular complexity index is 904. The number of amides is 1. The summed E-state index contributed by atoms with van der Waals surface area (Å²) in [6, 6.07) is 7.96. The van der Waals surface area contributed by atoms with Crippen molar-refractivity contribution in [2.24, 2.45) is 0 Å². The lowest BCUT2D eigenvalue weighted by molar-refractivity contribution is -0.142. The van der Waals surface area contributed by atoms with Gasteiger partial charge in [0, 0.05) is 11.8 Å². The second kappa shape index (κ2) is 10.6. The fraction of sp³-hybridized carbons (Fsp3) is 0.200. The van der Waals surface area contributed by atoms with Crippen LogP contribution in [0.4, 0.5) is 5.69 Å². The lowest BCUT2D eigenvalue weighted by atomic mass is 10.1. The maximum absolute atomic E-state index is 11.9. The topological polar surface area (TPSA) is 83.1 Å². The van der Waals surface area contributed by atoms with E-state index in [1.54, 1.807) is 24.3 Å². The van der Waals surface area contributed by atoms with Crippen molar-refractivity contribution in [3.05, 3.63) is 52.0 Å². The number of halogens is 2. The number of carbonyl (C=O) groups excluding carboxylic acids is 2. The van der Waals surface area contributed by atoms with E-state index in [-0.39, 0.29) is 0 Å². The van der Waals surface area contributed by atoms with Gasteiger partial charge in [0.1, 0.15) is 0 Å². The van der Waals surface area contributed by atoms with E-state index in [0.29, 0.717) is 38.5 Å². The van der Waals surface area contributed by atoms with E-state index < -0.39 is 18.5 Å². The molecule has 7 nitrogen and oxygen atoms in total. The highest BCUT2D eigenvalue weighted by atomic mass is 35.5. The molecule has 0 spiro atoms. The molecule has 0 bridgehead atoms. The highest BCUT2D eigenvalue weighted by molar-refractivity contribution is 6.42. The first-order valence-corrected chi connectivity index (χ1v) is 9.03. The first-order valence-electron chi connectivity index (χ1n) is 8.27. The Morgan fingerprint density at radius 3 is 2.17 bits per heavy atom. The molecule has 0 saturated carbocycles. The van der Waals surface area contributed by atoms with Crippen molar-refractivity contribution in [2.45, 2.75) is 0 Å². The van der Waals surface area contributed by atoms with Crippen LogP contribution in [0.3, 0.4) is 0 Å². The summed E-state index contributed by atoms with van der Waals surface area (Å²) in [6.45, 7) is -0.460. The Morgan fingerprint density at radius 2 is 1.62 bits per heavy atom. The van der Waals surface area contributed by atoms with Gasteiger partial charge in [0.2, 0.25) is 5.75 Å². The highest BCUT2D eigenvalue weighted by Crippen LogP contribution is 2.38. The van der Waals surface area contributed by atoms with Gasteiger partial charge in [-0.05, 0) is 42.0 Å². The van der Waals surface area contributed by atoms with E-state index in [2.05, 4.69) is 5.32 Å². The Morgan fingerprint density at radius 1 is 0.966 bits per heavy atom. The van der Waals surface area contributed by atoms with Crippen LogP contribution in [0.15, 0.2) is 36.4 Å². The van der Waals surface area contributed by atoms with Gasteiger partial charge < -0.3 is 24.3 Å². The van der Waals surface area contributed by atoms with Gasteiger partial charge in [0.15, 0.2) is 18.1 Å². The van der Waals surface area contributed by atoms with Gasteiger partial charge in [-0.15, -0.1) is 0 Å². The molecule has 0 fully saturated rings. The maximum Gasteiger partial charge on any atom is 0.331 e. The van der Waals surface area contributed by atoms with Gasteiger partial charge in [-0.25, -0.2) is 4.79 Å². The number of carbonyl (C=O) groups is 2. The number of esters is 1. The molecule has 0 radical (unpaired) electrons. The summed E-state index contributed by atoms with van der Waals surface area (Å²) in [4.78, 5) is 23.8. The molecule has 29 heavy (non-hydrogen) atoms. The minimum absolute atomic E-state index is 0.301. The number of methoxy groups -OCH3 is 3. The summed E-state index contributed by atoms with van der Waals surface area (Å²) in [6.07, 6.45) is 2.69. The lowest BCUT2D eigenvalue weighted by Crippen LogP contribution is -2.20. The van der Waals surface area contributed by atoms with Gasteiger partial charge in [0.25, 0.3) is 5.91 Å². The van der Waals surface area contributed by atoms with Crippen LogP contribution < -0.4 is 19.5 Å². The second-order valence-electron chi connectivity index (χ2n) is 5.58. The number of nitrogens with one attached hydrogen (secondary N) is 1.